The van der Waals surface area contributed by atoms with Crippen LogP contribution in [0.15, 0.2) is 67.3 Å². The molecular formula is C19H20N4O2. The van der Waals surface area contributed by atoms with Crippen LogP contribution in [0.3, 0.4) is 0 Å². The van der Waals surface area contributed by atoms with E-state index in [2.05, 4.69) is 15.4 Å². The van der Waals surface area contributed by atoms with Crippen LogP contribution in [0, 0.1) is 0 Å². The van der Waals surface area contributed by atoms with Crippen LogP contribution in [0.5, 0.6) is 0 Å². The molecule has 1 aromatic heterocycles. The molecule has 128 valence electrons. The van der Waals surface area contributed by atoms with E-state index in [1.807, 2.05) is 48.5 Å². The van der Waals surface area contributed by atoms with Crippen molar-refractivity contribution in [1.82, 2.24) is 20.1 Å². The van der Waals surface area contributed by atoms with E-state index in [9.17, 15) is 4.79 Å². The van der Waals surface area contributed by atoms with Gasteiger partial charge in [-0.3, -0.25) is 9.48 Å². The van der Waals surface area contributed by atoms with Gasteiger partial charge in [0.2, 0.25) is 0 Å². The van der Waals surface area contributed by atoms with Gasteiger partial charge >= 0.3 is 0 Å². The smallest absolute Gasteiger partial charge is 0.252 e. The van der Waals surface area contributed by atoms with Crippen LogP contribution in [0.2, 0.25) is 0 Å². The fraction of sp³-hybridized carbons (Fsp3) is 0.211. The number of aromatic nitrogens is 3. The average molecular weight is 336 g/mol. The zero-order valence-electron chi connectivity index (χ0n) is 14.0. The second kappa shape index (κ2) is 8.21. The molecule has 6 nitrogen and oxygen atoms in total. The van der Waals surface area contributed by atoms with Gasteiger partial charge in [-0.25, -0.2) is 4.98 Å². The number of methoxy groups -OCH3 is 1. The van der Waals surface area contributed by atoms with E-state index in [4.69, 9.17) is 4.74 Å². The maximum absolute atomic E-state index is 12.8. The Morgan fingerprint density at radius 2 is 1.92 bits per heavy atom. The number of hydrogen-bond acceptors (Lipinski definition) is 4. The highest BCUT2D eigenvalue weighted by Gasteiger charge is 2.18. The molecule has 0 spiro atoms. The lowest BCUT2D eigenvalue weighted by Gasteiger charge is -2.20. The maximum Gasteiger partial charge on any atom is 0.252 e. The molecule has 0 aliphatic carbocycles. The lowest BCUT2D eigenvalue weighted by atomic mass is 10.0. The molecular weight excluding hydrogens is 316 g/mol. The topological polar surface area (TPSA) is 69.0 Å². The molecule has 0 radical (unpaired) electrons. The molecule has 1 atom stereocenters. The highest BCUT2D eigenvalue weighted by molar-refractivity contribution is 5.95. The van der Waals surface area contributed by atoms with Crippen molar-refractivity contribution in [3.05, 3.63) is 83.9 Å². The Hall–Kier alpha value is -2.99. The highest BCUT2D eigenvalue weighted by atomic mass is 16.5. The van der Waals surface area contributed by atoms with E-state index >= 15 is 0 Å². The molecule has 3 aromatic rings. The first-order chi connectivity index (χ1) is 12.3. The van der Waals surface area contributed by atoms with Gasteiger partial charge in [0.1, 0.15) is 12.7 Å². The molecule has 0 unspecified atom stereocenters. The average Bonchev–Trinajstić information content (AvgIpc) is 3.16. The number of carbonyl (C=O) groups excluding carboxylic acids is 1. The predicted octanol–water partition coefficient (Wildman–Crippen LogP) is 2.60. The van der Waals surface area contributed by atoms with E-state index in [-0.39, 0.29) is 11.9 Å². The Morgan fingerprint density at radius 1 is 1.16 bits per heavy atom. The Morgan fingerprint density at radius 3 is 2.64 bits per heavy atom. The van der Waals surface area contributed by atoms with Crippen molar-refractivity contribution in [2.45, 2.75) is 19.2 Å². The van der Waals surface area contributed by atoms with E-state index < -0.39 is 0 Å². The fourth-order valence-corrected chi connectivity index (χ4v) is 2.69. The number of nitrogens with zero attached hydrogens (tertiary/aromatic N) is 3. The Kier molecular flexibility index (Phi) is 5.53. The molecule has 1 N–H and O–H groups in total. The van der Waals surface area contributed by atoms with Gasteiger partial charge in [0.05, 0.1) is 19.2 Å². The van der Waals surface area contributed by atoms with Gasteiger partial charge in [-0.05, 0) is 17.2 Å². The predicted molar refractivity (Wildman–Crippen MR) is 93.8 cm³/mol. The van der Waals surface area contributed by atoms with Gasteiger partial charge < -0.3 is 10.1 Å². The highest BCUT2D eigenvalue weighted by Crippen LogP contribution is 2.17. The molecule has 0 saturated carbocycles. The molecule has 1 heterocycles. The molecule has 0 bridgehead atoms. The third kappa shape index (κ3) is 4.30. The van der Waals surface area contributed by atoms with Gasteiger partial charge in [-0.15, -0.1) is 0 Å². The lowest BCUT2D eigenvalue weighted by molar-refractivity contribution is 0.0927. The summed E-state index contributed by atoms with van der Waals surface area (Å²) in [7, 11) is 1.62. The lowest BCUT2D eigenvalue weighted by Crippen LogP contribution is -2.32. The summed E-state index contributed by atoms with van der Waals surface area (Å²) in [6.45, 7) is 0.894. The molecule has 6 heteroatoms. The van der Waals surface area contributed by atoms with Crippen LogP contribution < -0.4 is 5.32 Å². The van der Waals surface area contributed by atoms with Gasteiger partial charge in [0, 0.05) is 12.7 Å². The Labute approximate surface area is 146 Å². The van der Waals surface area contributed by atoms with Gasteiger partial charge in [0.25, 0.3) is 5.91 Å². The first-order valence-corrected chi connectivity index (χ1v) is 8.03. The maximum atomic E-state index is 12.8. The van der Waals surface area contributed by atoms with Crippen LogP contribution in [-0.2, 0) is 17.9 Å². The van der Waals surface area contributed by atoms with Crippen molar-refractivity contribution in [3.63, 3.8) is 0 Å². The third-order valence-electron chi connectivity index (χ3n) is 3.91. The molecule has 25 heavy (non-hydrogen) atoms. The van der Waals surface area contributed by atoms with E-state index in [0.717, 1.165) is 11.1 Å². The minimum Gasteiger partial charge on any atom is -0.380 e. The number of rotatable bonds is 7. The number of amides is 1. The second-order valence-electron chi connectivity index (χ2n) is 5.64. The third-order valence-corrected chi connectivity index (χ3v) is 3.91. The van der Waals surface area contributed by atoms with Gasteiger partial charge in [-0.2, -0.15) is 5.10 Å². The number of carbonyl (C=O) groups is 1. The van der Waals surface area contributed by atoms with E-state index in [1.165, 1.54) is 6.33 Å². The molecule has 2 aromatic carbocycles. The van der Waals surface area contributed by atoms with Crippen LogP contribution in [0.4, 0.5) is 0 Å². The zero-order valence-corrected chi connectivity index (χ0v) is 14.0. The quantitative estimate of drug-likeness (QED) is 0.720. The molecule has 0 aliphatic rings. The minimum atomic E-state index is -0.217. The molecule has 3 rings (SSSR count). The summed E-state index contributed by atoms with van der Waals surface area (Å²) in [6, 6.07) is 17.1. The van der Waals surface area contributed by atoms with Crippen LogP contribution >= 0.6 is 0 Å². The standard InChI is InChI=1S/C19H20N4O2/c1-25-12-16-9-5-6-10-17(16)19(24)22-18(11-23-14-20-13-21-23)15-7-3-2-4-8-15/h2-10,13-14,18H,11-12H2,1H3,(H,22,24)/t18-/m0/s1. The first-order valence-electron chi connectivity index (χ1n) is 8.03. The molecule has 0 saturated heterocycles. The summed E-state index contributed by atoms with van der Waals surface area (Å²) >= 11 is 0. The summed E-state index contributed by atoms with van der Waals surface area (Å²) < 4.78 is 6.90. The number of nitrogens with one attached hydrogen (secondary N) is 1. The molecule has 1 amide bonds. The van der Waals surface area contributed by atoms with Crippen molar-refractivity contribution in [2.75, 3.05) is 7.11 Å². The van der Waals surface area contributed by atoms with Crippen molar-refractivity contribution < 1.29 is 9.53 Å². The van der Waals surface area contributed by atoms with Gasteiger partial charge in [0.15, 0.2) is 0 Å². The largest absolute Gasteiger partial charge is 0.380 e. The Bertz CT molecular complexity index is 803. The van der Waals surface area contributed by atoms with Crippen LogP contribution in [0.1, 0.15) is 27.5 Å². The normalized spacial score (nSPS) is 11.9. The SMILES string of the molecule is COCc1ccccc1C(=O)N[C@@H](Cn1cncn1)c1ccccc1. The number of hydrogen-bond donors (Lipinski definition) is 1. The summed E-state index contributed by atoms with van der Waals surface area (Å²) in [5.41, 5.74) is 2.48. The van der Waals surface area contributed by atoms with E-state index in [1.54, 1.807) is 24.2 Å². The fourth-order valence-electron chi connectivity index (χ4n) is 2.69. The van der Waals surface area contributed by atoms with Crippen LogP contribution in [0.25, 0.3) is 0 Å². The zero-order chi connectivity index (χ0) is 17.5. The summed E-state index contributed by atoms with van der Waals surface area (Å²) in [6.07, 6.45) is 3.12. The second-order valence-corrected chi connectivity index (χ2v) is 5.64. The monoisotopic (exact) mass is 336 g/mol. The van der Waals surface area contributed by atoms with Crippen molar-refractivity contribution >= 4 is 5.91 Å². The van der Waals surface area contributed by atoms with E-state index in [0.29, 0.717) is 18.7 Å². The van der Waals surface area contributed by atoms with Crippen LogP contribution in [-0.4, -0.2) is 27.8 Å². The summed E-state index contributed by atoms with van der Waals surface area (Å²) in [4.78, 5) is 16.8. The number of benzene rings is 2. The van der Waals surface area contributed by atoms with Crippen molar-refractivity contribution in [3.8, 4) is 0 Å². The van der Waals surface area contributed by atoms with Gasteiger partial charge in [-0.1, -0.05) is 48.5 Å². The molecule has 0 fully saturated rings. The Balaban J connectivity index is 1.83. The minimum absolute atomic E-state index is 0.137. The summed E-state index contributed by atoms with van der Waals surface area (Å²) in [5, 5.41) is 7.25. The summed E-state index contributed by atoms with van der Waals surface area (Å²) in [5.74, 6) is -0.137. The van der Waals surface area contributed by atoms with Crippen molar-refractivity contribution in [1.29, 1.82) is 0 Å². The first kappa shape index (κ1) is 16.9. The van der Waals surface area contributed by atoms with Crippen molar-refractivity contribution in [2.24, 2.45) is 0 Å². The molecule has 0 aliphatic heterocycles. The number of ether oxygens (including phenoxy) is 1.